The molecule has 0 radical (unpaired) electrons. The Balaban J connectivity index is 1.83. The van der Waals surface area contributed by atoms with E-state index in [9.17, 15) is 4.79 Å². The first-order valence-electron chi connectivity index (χ1n) is 8.35. The third kappa shape index (κ3) is 3.62. The minimum Gasteiger partial charge on any atom is -0.493 e. The maximum Gasteiger partial charge on any atom is 0.273 e. The van der Waals surface area contributed by atoms with Gasteiger partial charge in [0.25, 0.3) is 5.91 Å². The lowest BCUT2D eigenvalue weighted by Gasteiger charge is -2.25. The Morgan fingerprint density at radius 2 is 2.16 bits per heavy atom. The quantitative estimate of drug-likeness (QED) is 0.856. The number of likely N-dealkylation sites (tertiary alicyclic amines) is 1. The van der Waals surface area contributed by atoms with Gasteiger partial charge < -0.3 is 20.1 Å². The van der Waals surface area contributed by atoms with E-state index in [2.05, 4.69) is 4.98 Å². The Morgan fingerprint density at radius 1 is 1.36 bits per heavy atom. The summed E-state index contributed by atoms with van der Waals surface area (Å²) in [5.41, 5.74) is 7.14. The minimum atomic E-state index is -0.0168. The highest BCUT2D eigenvalue weighted by Crippen LogP contribution is 2.37. The number of nitrogens with zero attached hydrogens (tertiary/aromatic N) is 2. The Morgan fingerprint density at radius 3 is 2.88 bits per heavy atom. The molecule has 2 aromatic rings. The van der Waals surface area contributed by atoms with Gasteiger partial charge in [-0.05, 0) is 37.1 Å². The molecule has 3 rings (SSSR count). The second-order valence-corrected chi connectivity index (χ2v) is 6.88. The van der Waals surface area contributed by atoms with Gasteiger partial charge in [0, 0.05) is 18.3 Å². The first-order chi connectivity index (χ1) is 12.2. The SMILES string of the molecule is COc1ccc(C2CCCN2C(=O)c2csc(CCN)n2)cc1OC. The van der Waals surface area contributed by atoms with Gasteiger partial charge in [-0.3, -0.25) is 4.79 Å². The second-order valence-electron chi connectivity index (χ2n) is 5.94. The predicted octanol–water partition coefficient (Wildman–Crippen LogP) is 2.64. The topological polar surface area (TPSA) is 77.7 Å². The first-order valence-corrected chi connectivity index (χ1v) is 9.23. The number of ether oxygens (including phenoxy) is 2. The van der Waals surface area contributed by atoms with Crippen molar-refractivity contribution < 1.29 is 14.3 Å². The van der Waals surface area contributed by atoms with E-state index in [1.807, 2.05) is 28.5 Å². The number of carbonyl (C=O) groups excluding carboxylic acids is 1. The number of methoxy groups -OCH3 is 2. The summed E-state index contributed by atoms with van der Waals surface area (Å²) in [5, 5.41) is 2.74. The van der Waals surface area contributed by atoms with Crippen LogP contribution in [0.1, 0.15) is 39.9 Å². The highest BCUT2D eigenvalue weighted by Gasteiger charge is 2.32. The molecule has 2 heterocycles. The maximum absolute atomic E-state index is 12.9. The van der Waals surface area contributed by atoms with E-state index in [-0.39, 0.29) is 11.9 Å². The number of aromatic nitrogens is 1. The third-order valence-electron chi connectivity index (χ3n) is 4.44. The standard InChI is InChI=1S/C18H23N3O3S/c1-23-15-6-5-12(10-16(15)24-2)14-4-3-9-21(14)18(22)13-11-25-17(20-13)7-8-19/h5-6,10-11,14H,3-4,7-9,19H2,1-2H3. The fourth-order valence-corrected chi connectivity index (χ4v) is 4.00. The van der Waals surface area contributed by atoms with Crippen LogP contribution in [0.3, 0.4) is 0 Å². The zero-order chi connectivity index (χ0) is 17.8. The highest BCUT2D eigenvalue weighted by atomic mass is 32.1. The Kier molecular flexibility index (Phi) is 5.55. The van der Waals surface area contributed by atoms with E-state index < -0.39 is 0 Å². The fourth-order valence-electron chi connectivity index (χ4n) is 3.21. The monoisotopic (exact) mass is 361 g/mol. The van der Waals surface area contributed by atoms with Gasteiger partial charge in [0.2, 0.25) is 0 Å². The summed E-state index contributed by atoms with van der Waals surface area (Å²) in [4.78, 5) is 19.3. The van der Waals surface area contributed by atoms with Crippen molar-refractivity contribution in [1.82, 2.24) is 9.88 Å². The van der Waals surface area contributed by atoms with Gasteiger partial charge in [-0.2, -0.15) is 0 Å². The van der Waals surface area contributed by atoms with E-state index >= 15 is 0 Å². The van der Waals surface area contributed by atoms with Crippen LogP contribution in [0.15, 0.2) is 23.6 Å². The minimum absolute atomic E-state index is 0.0168. The van der Waals surface area contributed by atoms with Gasteiger partial charge in [0.05, 0.1) is 25.3 Å². The van der Waals surface area contributed by atoms with Crippen LogP contribution in [0, 0.1) is 0 Å². The summed E-state index contributed by atoms with van der Waals surface area (Å²) in [6, 6.07) is 5.87. The summed E-state index contributed by atoms with van der Waals surface area (Å²) in [6.07, 6.45) is 2.61. The molecular weight excluding hydrogens is 338 g/mol. The number of amides is 1. The molecule has 0 spiro atoms. The second kappa shape index (κ2) is 7.84. The summed E-state index contributed by atoms with van der Waals surface area (Å²) >= 11 is 1.49. The van der Waals surface area contributed by atoms with E-state index in [1.165, 1.54) is 11.3 Å². The van der Waals surface area contributed by atoms with E-state index in [0.29, 0.717) is 30.2 Å². The van der Waals surface area contributed by atoms with E-state index in [4.69, 9.17) is 15.2 Å². The number of hydrogen-bond acceptors (Lipinski definition) is 6. The molecule has 0 bridgehead atoms. The van der Waals surface area contributed by atoms with E-state index in [0.717, 1.165) is 30.0 Å². The summed E-state index contributed by atoms with van der Waals surface area (Å²) < 4.78 is 10.7. The van der Waals surface area contributed by atoms with Crippen LogP contribution in [0.25, 0.3) is 0 Å². The molecule has 7 heteroatoms. The molecule has 0 aliphatic carbocycles. The Bertz CT molecular complexity index is 747. The van der Waals surface area contributed by atoms with Crippen LogP contribution in [0.5, 0.6) is 11.5 Å². The molecule has 1 unspecified atom stereocenters. The van der Waals surface area contributed by atoms with Crippen LogP contribution in [-0.2, 0) is 6.42 Å². The molecule has 2 N–H and O–H groups in total. The lowest BCUT2D eigenvalue weighted by Crippen LogP contribution is -2.30. The van der Waals surface area contributed by atoms with Crippen molar-refractivity contribution in [2.24, 2.45) is 5.73 Å². The molecule has 1 aromatic carbocycles. The zero-order valence-corrected chi connectivity index (χ0v) is 15.3. The Hall–Kier alpha value is -2.12. The average Bonchev–Trinajstić information content (AvgIpc) is 3.30. The van der Waals surface area contributed by atoms with Crippen molar-refractivity contribution in [3.8, 4) is 11.5 Å². The van der Waals surface area contributed by atoms with Crippen molar-refractivity contribution in [3.63, 3.8) is 0 Å². The van der Waals surface area contributed by atoms with Gasteiger partial charge in [-0.15, -0.1) is 11.3 Å². The summed E-state index contributed by atoms with van der Waals surface area (Å²) in [5.74, 6) is 1.35. The molecule has 1 fully saturated rings. The third-order valence-corrected chi connectivity index (χ3v) is 5.34. The molecule has 134 valence electrons. The predicted molar refractivity (Wildman–Crippen MR) is 97.4 cm³/mol. The molecule has 1 amide bonds. The van der Waals surface area contributed by atoms with Crippen LogP contribution in [0.2, 0.25) is 0 Å². The lowest BCUT2D eigenvalue weighted by atomic mass is 10.0. The van der Waals surface area contributed by atoms with Crippen LogP contribution < -0.4 is 15.2 Å². The van der Waals surface area contributed by atoms with Crippen molar-refractivity contribution in [2.75, 3.05) is 27.3 Å². The highest BCUT2D eigenvalue weighted by molar-refractivity contribution is 7.09. The van der Waals surface area contributed by atoms with Crippen LogP contribution in [0.4, 0.5) is 0 Å². The van der Waals surface area contributed by atoms with Crippen LogP contribution >= 0.6 is 11.3 Å². The van der Waals surface area contributed by atoms with Crippen molar-refractivity contribution >= 4 is 17.2 Å². The average molecular weight is 361 g/mol. The van der Waals surface area contributed by atoms with Gasteiger partial charge in [-0.1, -0.05) is 6.07 Å². The number of thiazole rings is 1. The molecule has 1 saturated heterocycles. The number of carbonyl (C=O) groups is 1. The smallest absolute Gasteiger partial charge is 0.273 e. The number of hydrogen-bond donors (Lipinski definition) is 1. The molecule has 25 heavy (non-hydrogen) atoms. The zero-order valence-electron chi connectivity index (χ0n) is 14.5. The molecule has 1 aliphatic rings. The van der Waals surface area contributed by atoms with Crippen molar-refractivity contribution in [2.45, 2.75) is 25.3 Å². The molecule has 1 aliphatic heterocycles. The molecule has 6 nitrogen and oxygen atoms in total. The summed E-state index contributed by atoms with van der Waals surface area (Å²) in [6.45, 7) is 1.28. The Labute approximate surface area is 151 Å². The fraction of sp³-hybridized carbons (Fsp3) is 0.444. The molecule has 1 atom stereocenters. The molecular formula is C18H23N3O3S. The summed E-state index contributed by atoms with van der Waals surface area (Å²) in [7, 11) is 3.23. The number of nitrogens with two attached hydrogens (primary N) is 1. The van der Waals surface area contributed by atoms with Crippen molar-refractivity contribution in [3.05, 3.63) is 39.8 Å². The first kappa shape index (κ1) is 17.7. The maximum atomic E-state index is 12.9. The van der Waals surface area contributed by atoms with E-state index in [1.54, 1.807) is 14.2 Å². The lowest BCUT2D eigenvalue weighted by molar-refractivity contribution is 0.0730. The molecule has 0 saturated carbocycles. The molecule has 1 aromatic heterocycles. The van der Waals surface area contributed by atoms with Gasteiger partial charge in [-0.25, -0.2) is 4.98 Å². The normalized spacial score (nSPS) is 16.9. The number of rotatable bonds is 6. The van der Waals surface area contributed by atoms with Gasteiger partial charge >= 0.3 is 0 Å². The van der Waals surface area contributed by atoms with Crippen molar-refractivity contribution in [1.29, 1.82) is 0 Å². The van der Waals surface area contributed by atoms with Gasteiger partial charge in [0.15, 0.2) is 11.5 Å². The van der Waals surface area contributed by atoms with Crippen LogP contribution in [-0.4, -0.2) is 43.1 Å². The van der Waals surface area contributed by atoms with Gasteiger partial charge in [0.1, 0.15) is 5.69 Å². The largest absolute Gasteiger partial charge is 0.493 e. The number of benzene rings is 1.